The van der Waals surface area contributed by atoms with Crippen LogP contribution in [0.5, 0.6) is 0 Å². The predicted octanol–water partition coefficient (Wildman–Crippen LogP) is 3.84. The first-order chi connectivity index (χ1) is 15.3. The van der Waals surface area contributed by atoms with Gasteiger partial charge >= 0.3 is 0 Å². The Morgan fingerprint density at radius 2 is 1.84 bits per heavy atom. The smallest absolute Gasteiger partial charge is 0.253 e. The summed E-state index contributed by atoms with van der Waals surface area (Å²) < 4.78 is 11.3. The average Bonchev–Trinajstić information content (AvgIpc) is 3.18. The monoisotopic (exact) mass is 481 g/mol. The Morgan fingerprint density at radius 1 is 1.12 bits per heavy atom. The standard InChI is InChI=1S/C23H29Cl2N3O4/c1-14(2)21(27-22(29)17-6-5-16(24)12-18(17)25)23(30)26-13-19(20-7-4-15(3)32-20)28-8-10-31-11-9-28/h4-7,12,14,19,21H,8-11,13H2,1-3H3,(H,26,30)(H,27,29). The third-order valence-electron chi connectivity index (χ3n) is 5.46. The number of rotatable bonds is 8. The number of nitrogens with zero attached hydrogens (tertiary/aromatic N) is 1. The minimum absolute atomic E-state index is 0.120. The Hall–Kier alpha value is -2.06. The van der Waals surface area contributed by atoms with Gasteiger partial charge in [0.05, 0.1) is 29.8 Å². The van der Waals surface area contributed by atoms with Crippen molar-refractivity contribution in [1.82, 2.24) is 15.5 Å². The van der Waals surface area contributed by atoms with E-state index in [4.69, 9.17) is 32.4 Å². The lowest BCUT2D eigenvalue weighted by Crippen LogP contribution is -2.52. The third kappa shape index (κ3) is 6.25. The molecule has 7 nitrogen and oxygen atoms in total. The van der Waals surface area contributed by atoms with Crippen molar-refractivity contribution < 1.29 is 18.7 Å². The van der Waals surface area contributed by atoms with Crippen LogP contribution in [0.4, 0.5) is 0 Å². The minimum Gasteiger partial charge on any atom is -0.465 e. The van der Waals surface area contributed by atoms with Gasteiger partial charge in [0.1, 0.15) is 17.6 Å². The number of aryl methyl sites for hydroxylation is 1. The van der Waals surface area contributed by atoms with Crippen molar-refractivity contribution in [2.24, 2.45) is 5.92 Å². The van der Waals surface area contributed by atoms with E-state index >= 15 is 0 Å². The van der Waals surface area contributed by atoms with Crippen molar-refractivity contribution in [2.75, 3.05) is 32.8 Å². The van der Waals surface area contributed by atoms with E-state index in [1.54, 1.807) is 12.1 Å². The zero-order chi connectivity index (χ0) is 23.3. The summed E-state index contributed by atoms with van der Waals surface area (Å²) in [6.07, 6.45) is 0. The van der Waals surface area contributed by atoms with Crippen molar-refractivity contribution >= 4 is 35.0 Å². The molecule has 32 heavy (non-hydrogen) atoms. The highest BCUT2D eigenvalue weighted by atomic mass is 35.5. The number of hydrogen-bond donors (Lipinski definition) is 2. The van der Waals surface area contributed by atoms with Crippen molar-refractivity contribution in [3.05, 3.63) is 57.5 Å². The van der Waals surface area contributed by atoms with Gasteiger partial charge in [-0.3, -0.25) is 14.5 Å². The van der Waals surface area contributed by atoms with Crippen LogP contribution in [0.3, 0.4) is 0 Å². The number of carbonyl (C=O) groups excluding carboxylic acids is 2. The van der Waals surface area contributed by atoms with Crippen molar-refractivity contribution in [3.8, 4) is 0 Å². The maximum atomic E-state index is 13.1. The molecule has 2 atom stereocenters. The molecule has 3 rings (SSSR count). The molecule has 174 valence electrons. The number of furan rings is 1. The molecular formula is C23H29Cl2N3O4. The Bertz CT molecular complexity index is 941. The average molecular weight is 482 g/mol. The summed E-state index contributed by atoms with van der Waals surface area (Å²) >= 11 is 12.1. The Kier molecular flexibility index (Phi) is 8.59. The first-order valence-corrected chi connectivity index (χ1v) is 11.4. The number of carbonyl (C=O) groups is 2. The molecule has 0 bridgehead atoms. The normalized spacial score (nSPS) is 16.6. The van der Waals surface area contributed by atoms with E-state index in [-0.39, 0.29) is 28.5 Å². The SMILES string of the molecule is Cc1ccc(C(CNC(=O)C(NC(=O)c2ccc(Cl)cc2Cl)C(C)C)N2CCOCC2)o1. The fraction of sp³-hybridized carbons (Fsp3) is 0.478. The van der Waals surface area contributed by atoms with Gasteiger partial charge in [-0.05, 0) is 43.2 Å². The van der Waals surface area contributed by atoms with Gasteiger partial charge in [0, 0.05) is 24.7 Å². The predicted molar refractivity (Wildman–Crippen MR) is 124 cm³/mol. The van der Waals surface area contributed by atoms with Crippen molar-refractivity contribution in [1.29, 1.82) is 0 Å². The van der Waals surface area contributed by atoms with Gasteiger partial charge in [-0.15, -0.1) is 0 Å². The van der Waals surface area contributed by atoms with Gasteiger partial charge in [0.2, 0.25) is 5.91 Å². The van der Waals surface area contributed by atoms with E-state index in [0.29, 0.717) is 24.8 Å². The maximum Gasteiger partial charge on any atom is 0.253 e. The fourth-order valence-electron chi connectivity index (χ4n) is 3.67. The first kappa shape index (κ1) is 24.6. The topological polar surface area (TPSA) is 83.8 Å². The number of hydrogen-bond acceptors (Lipinski definition) is 5. The summed E-state index contributed by atoms with van der Waals surface area (Å²) in [5.41, 5.74) is 0.270. The van der Waals surface area contributed by atoms with E-state index in [2.05, 4.69) is 15.5 Å². The minimum atomic E-state index is -0.724. The van der Waals surface area contributed by atoms with Crippen LogP contribution in [0.1, 0.15) is 41.8 Å². The van der Waals surface area contributed by atoms with Gasteiger partial charge < -0.3 is 19.8 Å². The second kappa shape index (κ2) is 11.2. The summed E-state index contributed by atoms with van der Waals surface area (Å²) in [6.45, 7) is 8.77. The van der Waals surface area contributed by atoms with Gasteiger partial charge in [0.25, 0.3) is 5.91 Å². The number of ether oxygens (including phenoxy) is 1. The molecule has 0 aliphatic carbocycles. The number of benzene rings is 1. The van der Waals surface area contributed by atoms with Crippen LogP contribution in [-0.4, -0.2) is 55.6 Å². The van der Waals surface area contributed by atoms with Crippen LogP contribution >= 0.6 is 23.2 Å². The molecule has 1 aliphatic heterocycles. The summed E-state index contributed by atoms with van der Waals surface area (Å²) in [4.78, 5) is 28.0. The summed E-state index contributed by atoms with van der Waals surface area (Å²) in [5.74, 6) is 0.795. The lowest BCUT2D eigenvalue weighted by atomic mass is 10.0. The lowest BCUT2D eigenvalue weighted by molar-refractivity contribution is -0.124. The highest BCUT2D eigenvalue weighted by molar-refractivity contribution is 6.36. The molecule has 0 saturated carbocycles. The highest BCUT2D eigenvalue weighted by Crippen LogP contribution is 2.24. The van der Waals surface area contributed by atoms with Gasteiger partial charge in [0.15, 0.2) is 0 Å². The summed E-state index contributed by atoms with van der Waals surface area (Å²) in [5, 5.41) is 6.48. The van der Waals surface area contributed by atoms with E-state index in [1.807, 2.05) is 32.9 Å². The van der Waals surface area contributed by atoms with E-state index < -0.39 is 11.9 Å². The Labute approximate surface area is 198 Å². The number of amides is 2. The van der Waals surface area contributed by atoms with Crippen molar-refractivity contribution in [3.63, 3.8) is 0 Å². The largest absolute Gasteiger partial charge is 0.465 e. The van der Waals surface area contributed by atoms with Crippen LogP contribution < -0.4 is 10.6 Å². The molecule has 2 aromatic rings. The summed E-state index contributed by atoms with van der Waals surface area (Å²) in [7, 11) is 0. The molecule has 2 N–H and O–H groups in total. The molecule has 1 aromatic heterocycles. The second-order valence-electron chi connectivity index (χ2n) is 8.18. The molecule has 0 radical (unpaired) electrons. The quantitative estimate of drug-likeness (QED) is 0.598. The van der Waals surface area contributed by atoms with Crippen LogP contribution in [0.15, 0.2) is 34.7 Å². The zero-order valence-corrected chi connectivity index (χ0v) is 20.0. The molecule has 2 unspecified atom stereocenters. The molecule has 2 amide bonds. The molecule has 1 saturated heterocycles. The van der Waals surface area contributed by atoms with Crippen LogP contribution in [0, 0.1) is 12.8 Å². The molecule has 1 aliphatic rings. The van der Waals surface area contributed by atoms with Crippen molar-refractivity contribution in [2.45, 2.75) is 32.9 Å². The van der Waals surface area contributed by atoms with Crippen LogP contribution in [0.2, 0.25) is 10.0 Å². The number of nitrogens with one attached hydrogen (secondary N) is 2. The van der Waals surface area contributed by atoms with E-state index in [1.165, 1.54) is 6.07 Å². The second-order valence-corrected chi connectivity index (χ2v) is 9.02. The van der Waals surface area contributed by atoms with Gasteiger partial charge in [-0.25, -0.2) is 0 Å². The van der Waals surface area contributed by atoms with Gasteiger partial charge in [-0.2, -0.15) is 0 Å². The molecule has 1 fully saturated rings. The highest BCUT2D eigenvalue weighted by Gasteiger charge is 2.29. The maximum absolute atomic E-state index is 13.1. The molecule has 2 heterocycles. The zero-order valence-electron chi connectivity index (χ0n) is 18.5. The third-order valence-corrected chi connectivity index (χ3v) is 6.00. The molecule has 9 heteroatoms. The lowest BCUT2D eigenvalue weighted by Gasteiger charge is -2.34. The van der Waals surface area contributed by atoms with E-state index in [0.717, 1.165) is 24.6 Å². The van der Waals surface area contributed by atoms with Crippen LogP contribution in [-0.2, 0) is 9.53 Å². The van der Waals surface area contributed by atoms with E-state index in [9.17, 15) is 9.59 Å². The van der Waals surface area contributed by atoms with Crippen LogP contribution in [0.25, 0.3) is 0 Å². The number of halogens is 2. The number of morpholine rings is 1. The first-order valence-electron chi connectivity index (χ1n) is 10.7. The Morgan fingerprint density at radius 3 is 2.44 bits per heavy atom. The summed E-state index contributed by atoms with van der Waals surface area (Å²) in [6, 6.07) is 7.64. The fourth-order valence-corrected chi connectivity index (χ4v) is 4.16. The molecule has 0 spiro atoms. The van der Waals surface area contributed by atoms with Gasteiger partial charge in [-0.1, -0.05) is 37.0 Å². The molecular weight excluding hydrogens is 453 g/mol. The molecule has 1 aromatic carbocycles. The Balaban J connectivity index is 1.69.